The summed E-state index contributed by atoms with van der Waals surface area (Å²) in [6.45, 7) is 5.16. The van der Waals surface area contributed by atoms with E-state index in [0.717, 1.165) is 25.3 Å². The molecule has 0 unspecified atom stereocenters. The second-order valence-corrected chi connectivity index (χ2v) is 1.95. The molecule has 0 aromatic carbocycles. The van der Waals surface area contributed by atoms with E-state index in [9.17, 15) is 9.90 Å². The quantitative estimate of drug-likeness (QED) is 0.502. The molecule has 0 aliphatic heterocycles. The van der Waals surface area contributed by atoms with Crippen LogP contribution in [0.2, 0.25) is 0 Å². The van der Waals surface area contributed by atoms with Crippen molar-refractivity contribution in [1.82, 2.24) is 0 Å². The number of carbonyl (C=O) groups is 1. The smallest absolute Gasteiger partial charge is 0.327 e. The molecule has 0 fully saturated rings. The SMILES string of the molecule is C=CC(=O)O.CCCCC[O]. The first-order valence-electron chi connectivity index (χ1n) is 3.62. The molecule has 0 saturated heterocycles. The van der Waals surface area contributed by atoms with Crippen LogP contribution in [0.15, 0.2) is 12.7 Å². The number of rotatable bonds is 4. The molecule has 0 rings (SSSR count). The maximum Gasteiger partial charge on any atom is 0.327 e. The van der Waals surface area contributed by atoms with Crippen molar-refractivity contribution in [2.24, 2.45) is 0 Å². The summed E-state index contributed by atoms with van der Waals surface area (Å²) in [6, 6.07) is 0. The van der Waals surface area contributed by atoms with Crippen LogP contribution < -0.4 is 0 Å². The lowest BCUT2D eigenvalue weighted by Crippen LogP contribution is -1.82. The summed E-state index contributed by atoms with van der Waals surface area (Å²) in [4.78, 5) is 9.25. The largest absolute Gasteiger partial charge is 0.478 e. The fourth-order valence-electron chi connectivity index (χ4n) is 0.352. The first-order valence-corrected chi connectivity index (χ1v) is 3.62. The second-order valence-electron chi connectivity index (χ2n) is 1.95. The summed E-state index contributed by atoms with van der Waals surface area (Å²) >= 11 is 0. The van der Waals surface area contributed by atoms with E-state index in [1.54, 1.807) is 0 Å². The highest BCUT2D eigenvalue weighted by atomic mass is 16.4. The van der Waals surface area contributed by atoms with Crippen molar-refractivity contribution in [2.75, 3.05) is 6.61 Å². The molecule has 0 spiro atoms. The van der Waals surface area contributed by atoms with Gasteiger partial charge in [0.2, 0.25) is 0 Å². The summed E-state index contributed by atoms with van der Waals surface area (Å²) < 4.78 is 0. The van der Waals surface area contributed by atoms with Gasteiger partial charge in [-0.3, -0.25) is 0 Å². The van der Waals surface area contributed by atoms with Gasteiger partial charge >= 0.3 is 5.97 Å². The lowest BCUT2D eigenvalue weighted by atomic mass is 10.3. The van der Waals surface area contributed by atoms with Crippen molar-refractivity contribution < 1.29 is 15.0 Å². The number of carboxylic acids is 1. The van der Waals surface area contributed by atoms with Crippen LogP contribution in [-0.2, 0) is 9.90 Å². The number of aliphatic carboxylic acids is 1. The zero-order valence-corrected chi connectivity index (χ0v) is 6.88. The third-order valence-electron chi connectivity index (χ3n) is 0.923. The van der Waals surface area contributed by atoms with Crippen LogP contribution in [0, 0.1) is 0 Å². The van der Waals surface area contributed by atoms with Gasteiger partial charge in [-0.05, 0) is 6.42 Å². The van der Waals surface area contributed by atoms with Crippen LogP contribution in [0.4, 0.5) is 0 Å². The van der Waals surface area contributed by atoms with E-state index in [1.165, 1.54) is 0 Å². The van der Waals surface area contributed by atoms with Crippen molar-refractivity contribution in [3.63, 3.8) is 0 Å². The fourth-order valence-corrected chi connectivity index (χ4v) is 0.352. The van der Waals surface area contributed by atoms with E-state index in [2.05, 4.69) is 13.5 Å². The fraction of sp³-hybridized carbons (Fsp3) is 0.625. The van der Waals surface area contributed by atoms with Gasteiger partial charge in [-0.15, -0.1) is 0 Å². The highest BCUT2D eigenvalue weighted by Gasteiger charge is 1.77. The third kappa shape index (κ3) is 27.1. The molecule has 0 amide bonds. The van der Waals surface area contributed by atoms with Gasteiger partial charge in [0.15, 0.2) is 0 Å². The van der Waals surface area contributed by atoms with Gasteiger partial charge in [-0.25, -0.2) is 9.90 Å². The van der Waals surface area contributed by atoms with Crippen LogP contribution in [0.3, 0.4) is 0 Å². The minimum absolute atomic E-state index is 0.105. The Balaban J connectivity index is 0. The van der Waals surface area contributed by atoms with Gasteiger partial charge in [-0.1, -0.05) is 26.3 Å². The number of unbranched alkanes of at least 4 members (excludes halogenated alkanes) is 2. The van der Waals surface area contributed by atoms with Crippen LogP contribution in [-0.4, -0.2) is 17.7 Å². The summed E-state index contributed by atoms with van der Waals surface area (Å²) in [7, 11) is 0. The van der Waals surface area contributed by atoms with Gasteiger partial charge in [0, 0.05) is 6.08 Å². The molecule has 0 aromatic heterocycles. The number of carboxylic acid groups (broad SMARTS) is 1. The Morgan fingerprint density at radius 2 is 2.00 bits per heavy atom. The minimum Gasteiger partial charge on any atom is -0.478 e. The lowest BCUT2D eigenvalue weighted by molar-refractivity contribution is -0.131. The van der Waals surface area contributed by atoms with E-state index in [4.69, 9.17) is 5.11 Å². The normalized spacial score (nSPS) is 7.82. The standard InChI is InChI=1S/C5H11O.C3H4O2/c1-2-3-4-5-6;1-2-3(4)5/h2-5H2,1H3;2H,1H2,(H,4,5). The lowest BCUT2D eigenvalue weighted by Gasteiger charge is -1.84. The van der Waals surface area contributed by atoms with Crippen LogP contribution in [0.5, 0.6) is 0 Å². The summed E-state index contributed by atoms with van der Waals surface area (Å²) in [5.41, 5.74) is 0. The molecule has 3 heteroatoms. The molecule has 0 atom stereocenters. The molecule has 0 saturated carbocycles. The molecular formula is C8H15O3. The summed E-state index contributed by atoms with van der Waals surface area (Å²) in [5, 5.41) is 17.3. The third-order valence-corrected chi connectivity index (χ3v) is 0.923. The van der Waals surface area contributed by atoms with Crippen LogP contribution in [0.1, 0.15) is 26.2 Å². The molecular weight excluding hydrogens is 144 g/mol. The van der Waals surface area contributed by atoms with Gasteiger partial charge in [0.25, 0.3) is 0 Å². The van der Waals surface area contributed by atoms with E-state index in [0.29, 0.717) is 0 Å². The number of hydrogen-bond donors (Lipinski definition) is 1. The van der Waals surface area contributed by atoms with Gasteiger partial charge < -0.3 is 5.11 Å². The van der Waals surface area contributed by atoms with E-state index >= 15 is 0 Å². The first kappa shape index (κ1) is 12.8. The predicted molar refractivity (Wildman–Crippen MR) is 42.9 cm³/mol. The molecule has 0 aliphatic carbocycles. The molecule has 0 aromatic rings. The average Bonchev–Trinajstić information content (AvgIpc) is 2.02. The number of hydrogen-bond acceptors (Lipinski definition) is 1. The molecule has 0 heterocycles. The average molecular weight is 159 g/mol. The Bertz CT molecular complexity index is 95.5. The second kappa shape index (κ2) is 11.9. The monoisotopic (exact) mass is 159 g/mol. The Kier molecular flexibility index (Phi) is 13.9. The predicted octanol–water partition coefficient (Wildman–Crippen LogP) is 1.86. The summed E-state index contributed by atoms with van der Waals surface area (Å²) in [5.74, 6) is -0.981. The molecule has 1 N–H and O–H groups in total. The van der Waals surface area contributed by atoms with Gasteiger partial charge in [0.1, 0.15) is 0 Å². The van der Waals surface area contributed by atoms with Crippen LogP contribution in [0.25, 0.3) is 0 Å². The van der Waals surface area contributed by atoms with Crippen molar-refractivity contribution >= 4 is 5.97 Å². The maximum absolute atomic E-state index is 9.69. The highest BCUT2D eigenvalue weighted by Crippen LogP contribution is 1.89. The summed E-state index contributed by atoms with van der Waals surface area (Å²) in [6.07, 6.45) is 3.95. The topological polar surface area (TPSA) is 57.2 Å². The molecule has 3 nitrogen and oxygen atoms in total. The Hall–Kier alpha value is -0.830. The molecule has 0 bridgehead atoms. The van der Waals surface area contributed by atoms with Crippen molar-refractivity contribution in [3.8, 4) is 0 Å². The molecule has 65 valence electrons. The van der Waals surface area contributed by atoms with E-state index in [-0.39, 0.29) is 6.61 Å². The molecule has 1 radical (unpaired) electrons. The van der Waals surface area contributed by atoms with Crippen LogP contribution >= 0.6 is 0 Å². The zero-order chi connectivity index (χ0) is 9.11. The zero-order valence-electron chi connectivity index (χ0n) is 6.88. The molecule has 0 aliphatic rings. The van der Waals surface area contributed by atoms with Crippen molar-refractivity contribution in [1.29, 1.82) is 0 Å². The maximum atomic E-state index is 9.69. The van der Waals surface area contributed by atoms with Crippen molar-refractivity contribution in [2.45, 2.75) is 26.2 Å². The highest BCUT2D eigenvalue weighted by molar-refractivity contribution is 5.78. The van der Waals surface area contributed by atoms with Gasteiger partial charge in [0.05, 0.1) is 6.61 Å². The molecule has 11 heavy (non-hydrogen) atoms. The van der Waals surface area contributed by atoms with Crippen molar-refractivity contribution in [3.05, 3.63) is 12.7 Å². The minimum atomic E-state index is -0.981. The Labute approximate surface area is 67.4 Å². The first-order chi connectivity index (χ1) is 5.18. The van der Waals surface area contributed by atoms with E-state index in [1.807, 2.05) is 0 Å². The van der Waals surface area contributed by atoms with E-state index < -0.39 is 5.97 Å². The Morgan fingerprint density at radius 1 is 1.55 bits per heavy atom. The van der Waals surface area contributed by atoms with Gasteiger partial charge in [-0.2, -0.15) is 0 Å². The Morgan fingerprint density at radius 3 is 2.09 bits per heavy atom.